The molecule has 2 unspecified atom stereocenters. The molecule has 420 valence electrons. The van der Waals surface area contributed by atoms with Crippen LogP contribution in [-0.4, -0.2) is 47.4 Å². The number of ether oxygens (including phenoxy) is 1. The summed E-state index contributed by atoms with van der Waals surface area (Å²) in [6, 6.07) is -0.631. The summed E-state index contributed by atoms with van der Waals surface area (Å²) < 4.78 is 5.50. The van der Waals surface area contributed by atoms with E-state index in [1.54, 1.807) is 6.08 Å². The maximum absolute atomic E-state index is 12.4. The number of amides is 1. The Hall–Kier alpha value is -1.66. The molecule has 0 rings (SSSR count). The Bertz CT molecular complexity index is 1110. The number of esters is 1. The maximum Gasteiger partial charge on any atom is 0.305 e. The number of aliphatic hydroxyl groups excluding tert-OH is 2. The van der Waals surface area contributed by atoms with Crippen molar-refractivity contribution in [2.24, 2.45) is 0 Å². The normalized spacial score (nSPS) is 12.7. The van der Waals surface area contributed by atoms with E-state index in [1.807, 2.05) is 6.08 Å². The molecule has 2 atom stereocenters. The first kappa shape index (κ1) is 69.3. The van der Waals surface area contributed by atoms with E-state index in [1.165, 1.54) is 283 Å². The lowest BCUT2D eigenvalue weighted by molar-refractivity contribution is -0.143. The lowest BCUT2D eigenvalue weighted by Gasteiger charge is -2.20. The largest absolute Gasteiger partial charge is 0.466 e. The van der Waals surface area contributed by atoms with E-state index >= 15 is 0 Å². The highest BCUT2D eigenvalue weighted by Gasteiger charge is 2.18. The van der Waals surface area contributed by atoms with Gasteiger partial charge in [0.25, 0.3) is 0 Å². The predicted octanol–water partition coefficient (Wildman–Crippen LogP) is 20.2. The van der Waals surface area contributed by atoms with Gasteiger partial charge in [-0.15, -0.1) is 0 Å². The summed E-state index contributed by atoms with van der Waals surface area (Å²) in [7, 11) is 0. The third-order valence-corrected chi connectivity index (χ3v) is 15.0. The first-order valence-corrected chi connectivity index (χ1v) is 32.1. The van der Waals surface area contributed by atoms with Crippen LogP contribution in [0.1, 0.15) is 354 Å². The third-order valence-electron chi connectivity index (χ3n) is 15.0. The van der Waals surface area contributed by atoms with Crippen molar-refractivity contribution in [3.63, 3.8) is 0 Å². The summed E-state index contributed by atoms with van der Waals surface area (Å²) in [4.78, 5) is 24.5. The minimum Gasteiger partial charge on any atom is -0.466 e. The van der Waals surface area contributed by atoms with Gasteiger partial charge in [0.2, 0.25) is 5.91 Å². The molecule has 0 aliphatic rings. The third kappa shape index (κ3) is 57.5. The van der Waals surface area contributed by atoms with Crippen molar-refractivity contribution < 1.29 is 24.5 Å². The summed E-state index contributed by atoms with van der Waals surface area (Å²) in [5.74, 6) is -0.0577. The Balaban J connectivity index is 3.39. The van der Waals surface area contributed by atoms with E-state index in [4.69, 9.17) is 4.74 Å². The lowest BCUT2D eigenvalue weighted by atomic mass is 10.0. The molecule has 71 heavy (non-hydrogen) atoms. The zero-order chi connectivity index (χ0) is 51.4. The first-order chi connectivity index (χ1) is 35.0. The molecule has 0 aliphatic carbocycles. The minimum atomic E-state index is -0.847. The van der Waals surface area contributed by atoms with Crippen LogP contribution in [0.25, 0.3) is 0 Å². The average molecular weight is 1000 g/mol. The maximum atomic E-state index is 12.4. The van der Waals surface area contributed by atoms with Crippen molar-refractivity contribution in [2.45, 2.75) is 366 Å². The van der Waals surface area contributed by atoms with Gasteiger partial charge in [-0.1, -0.05) is 308 Å². The predicted molar refractivity (Wildman–Crippen MR) is 310 cm³/mol. The highest BCUT2D eigenvalue weighted by Crippen LogP contribution is 2.18. The van der Waals surface area contributed by atoms with E-state index in [0.29, 0.717) is 19.4 Å². The Morgan fingerprint density at radius 2 is 0.662 bits per heavy atom. The van der Waals surface area contributed by atoms with Crippen LogP contribution in [0.4, 0.5) is 0 Å². The van der Waals surface area contributed by atoms with E-state index in [0.717, 1.165) is 44.9 Å². The Labute approximate surface area is 443 Å². The zero-order valence-corrected chi connectivity index (χ0v) is 48.0. The highest BCUT2D eigenvalue weighted by atomic mass is 16.5. The molecule has 3 N–H and O–H groups in total. The molecule has 0 aromatic rings. The smallest absolute Gasteiger partial charge is 0.305 e. The van der Waals surface area contributed by atoms with Crippen LogP contribution < -0.4 is 5.32 Å². The van der Waals surface area contributed by atoms with Crippen LogP contribution in [0.3, 0.4) is 0 Å². The summed E-state index contributed by atoms with van der Waals surface area (Å²) in [5, 5.41) is 23.1. The van der Waals surface area contributed by atoms with E-state index in [9.17, 15) is 19.8 Å². The van der Waals surface area contributed by atoms with Crippen LogP contribution in [-0.2, 0) is 14.3 Å². The van der Waals surface area contributed by atoms with Crippen LogP contribution in [0.2, 0.25) is 0 Å². The van der Waals surface area contributed by atoms with Crippen LogP contribution in [0, 0.1) is 0 Å². The Kier molecular flexibility index (Phi) is 59.5. The summed E-state index contributed by atoms with van der Waals surface area (Å²) in [6.45, 7) is 4.92. The minimum absolute atomic E-state index is 0.0157. The van der Waals surface area contributed by atoms with Gasteiger partial charge in [-0.05, 0) is 57.8 Å². The van der Waals surface area contributed by atoms with Gasteiger partial charge in [-0.25, -0.2) is 0 Å². The van der Waals surface area contributed by atoms with Gasteiger partial charge in [0, 0.05) is 12.8 Å². The van der Waals surface area contributed by atoms with Crippen molar-refractivity contribution in [1.29, 1.82) is 0 Å². The fraction of sp³-hybridized carbons (Fsp3) is 0.908. The number of hydrogen-bond acceptors (Lipinski definition) is 5. The fourth-order valence-corrected chi connectivity index (χ4v) is 10.0. The fourth-order valence-electron chi connectivity index (χ4n) is 10.0. The molecule has 0 spiro atoms. The quantitative estimate of drug-likeness (QED) is 0.0320. The number of hydrogen-bond donors (Lipinski definition) is 3. The van der Waals surface area contributed by atoms with Crippen LogP contribution >= 0.6 is 0 Å². The second-order valence-corrected chi connectivity index (χ2v) is 22.1. The van der Waals surface area contributed by atoms with E-state index < -0.39 is 12.1 Å². The average Bonchev–Trinajstić information content (AvgIpc) is 3.37. The van der Waals surface area contributed by atoms with Gasteiger partial charge < -0.3 is 20.3 Å². The molecule has 0 bridgehead atoms. The van der Waals surface area contributed by atoms with Gasteiger partial charge in [0.1, 0.15) is 0 Å². The molecule has 0 saturated carbocycles. The summed E-state index contributed by atoms with van der Waals surface area (Å²) in [5.41, 5.74) is 0. The molecule has 0 aromatic heterocycles. The van der Waals surface area contributed by atoms with Crippen LogP contribution in [0.15, 0.2) is 24.3 Å². The highest BCUT2D eigenvalue weighted by molar-refractivity contribution is 5.76. The molecule has 1 amide bonds. The van der Waals surface area contributed by atoms with Gasteiger partial charge in [0.05, 0.1) is 25.4 Å². The molecule has 6 heteroatoms. The number of rotatable bonds is 60. The number of aliphatic hydroxyl groups is 2. The molecular weight excluding hydrogens is 875 g/mol. The van der Waals surface area contributed by atoms with Crippen molar-refractivity contribution in [1.82, 2.24) is 5.32 Å². The standard InChI is InChI=1S/C65H125NO5/c1-3-5-7-9-11-13-15-17-18-19-28-31-35-39-43-47-51-55-59-65(70)71-60-56-52-48-44-40-36-32-29-26-24-22-20-21-23-25-27-30-34-38-42-46-50-54-58-64(69)66-62(61-67)63(68)57-53-49-45-41-37-33-16-14-12-10-8-6-4-2/h23,25,53,57,62-63,67-68H,3-22,24,26-52,54-56,58-61H2,1-2H3,(H,66,69)/b25-23-,57-53+. The molecule has 0 saturated heterocycles. The monoisotopic (exact) mass is 1000 g/mol. The second kappa shape index (κ2) is 60.9. The van der Waals surface area contributed by atoms with Gasteiger partial charge in [0.15, 0.2) is 0 Å². The summed E-state index contributed by atoms with van der Waals surface area (Å²) in [6.07, 6.45) is 75.1. The van der Waals surface area contributed by atoms with Gasteiger partial charge >= 0.3 is 5.97 Å². The van der Waals surface area contributed by atoms with Crippen LogP contribution in [0.5, 0.6) is 0 Å². The van der Waals surface area contributed by atoms with Crippen molar-refractivity contribution in [2.75, 3.05) is 13.2 Å². The number of unbranched alkanes of at least 4 members (excludes halogenated alkanes) is 47. The Morgan fingerprint density at radius 1 is 0.380 bits per heavy atom. The van der Waals surface area contributed by atoms with Crippen molar-refractivity contribution in [3.8, 4) is 0 Å². The van der Waals surface area contributed by atoms with Crippen molar-refractivity contribution in [3.05, 3.63) is 24.3 Å². The topological polar surface area (TPSA) is 95.9 Å². The Morgan fingerprint density at radius 3 is 1.00 bits per heavy atom. The lowest BCUT2D eigenvalue weighted by Crippen LogP contribution is -2.45. The molecule has 0 aromatic carbocycles. The van der Waals surface area contributed by atoms with Crippen molar-refractivity contribution >= 4 is 11.9 Å². The molecule has 6 nitrogen and oxygen atoms in total. The number of carbonyl (C=O) groups is 2. The van der Waals surface area contributed by atoms with E-state index in [-0.39, 0.29) is 18.5 Å². The molecule has 0 fully saturated rings. The molecule has 0 radical (unpaired) electrons. The van der Waals surface area contributed by atoms with Gasteiger partial charge in [-0.2, -0.15) is 0 Å². The summed E-state index contributed by atoms with van der Waals surface area (Å²) >= 11 is 0. The second-order valence-electron chi connectivity index (χ2n) is 22.1. The molecular formula is C65H125NO5. The molecule has 0 heterocycles. The number of carbonyl (C=O) groups excluding carboxylic acids is 2. The molecule has 0 aliphatic heterocycles. The van der Waals surface area contributed by atoms with E-state index in [2.05, 4.69) is 31.3 Å². The number of nitrogens with one attached hydrogen (secondary N) is 1. The first-order valence-electron chi connectivity index (χ1n) is 32.1. The van der Waals surface area contributed by atoms with Gasteiger partial charge in [-0.3, -0.25) is 9.59 Å². The zero-order valence-electron chi connectivity index (χ0n) is 48.0. The number of allylic oxidation sites excluding steroid dienone is 3. The SMILES string of the molecule is CCCCCCCCCCCCC/C=C/C(O)C(CO)NC(=O)CCCCCCCCC/C=C\CCCCCCCCCCCCCCOC(=O)CCCCCCCCCCCCCCCCCCCC.